The van der Waals surface area contributed by atoms with Gasteiger partial charge in [0.15, 0.2) is 5.78 Å². The monoisotopic (exact) mass is 190 g/mol. The van der Waals surface area contributed by atoms with Gasteiger partial charge in [0.2, 0.25) is 0 Å². The molecule has 0 spiro atoms. The Labute approximate surface area is 75.9 Å². The molecule has 1 fully saturated rings. The predicted molar refractivity (Wildman–Crippen MR) is 43.0 cm³/mol. The van der Waals surface area contributed by atoms with Crippen molar-refractivity contribution in [3.63, 3.8) is 0 Å². The number of Topliss-reactive ketones (excluding diaryl/α,β-unsaturated/α-hetero) is 1. The summed E-state index contributed by atoms with van der Waals surface area (Å²) in [5.74, 6) is -0.356. The molecular weight excluding hydrogens is 176 g/mol. The van der Waals surface area contributed by atoms with Crippen LogP contribution >= 0.6 is 0 Å². The highest BCUT2D eigenvalue weighted by molar-refractivity contribution is 5.81. The van der Waals surface area contributed by atoms with Crippen LogP contribution in [-0.4, -0.2) is 51.6 Å². The summed E-state index contributed by atoms with van der Waals surface area (Å²) in [7, 11) is 0. The molecule has 0 aromatic rings. The lowest BCUT2D eigenvalue weighted by atomic mass is 9.94. The van der Waals surface area contributed by atoms with E-state index in [-0.39, 0.29) is 5.78 Å². The van der Waals surface area contributed by atoms with Gasteiger partial charge in [-0.3, -0.25) is 4.79 Å². The van der Waals surface area contributed by atoms with Crippen molar-refractivity contribution in [3.8, 4) is 0 Å². The summed E-state index contributed by atoms with van der Waals surface area (Å²) in [6.45, 7) is 2.81. The molecule has 1 unspecified atom stereocenters. The van der Waals surface area contributed by atoms with Crippen molar-refractivity contribution in [2.75, 3.05) is 0 Å². The molecule has 1 aliphatic rings. The van der Waals surface area contributed by atoms with Crippen LogP contribution in [0.25, 0.3) is 0 Å². The van der Waals surface area contributed by atoms with Crippen molar-refractivity contribution in [3.05, 3.63) is 0 Å². The van der Waals surface area contributed by atoms with E-state index in [1.807, 2.05) is 0 Å². The molecule has 3 N–H and O–H groups in total. The lowest BCUT2D eigenvalue weighted by molar-refractivity contribution is -0.214. The van der Waals surface area contributed by atoms with Crippen LogP contribution in [0.15, 0.2) is 0 Å². The second kappa shape index (κ2) is 3.71. The Bertz CT molecular complexity index is 205. The standard InChI is InChI=1S/C8H14O5/c1-3(9)8-7(12)6(11)5(10)4(2)13-8/h4-8,10-12H,1-2H3/t4-,5-,6+,7+,8?/m1/s1. The van der Waals surface area contributed by atoms with Crippen molar-refractivity contribution in [2.45, 2.75) is 44.4 Å². The van der Waals surface area contributed by atoms with E-state index in [1.165, 1.54) is 13.8 Å². The Hall–Kier alpha value is -0.490. The van der Waals surface area contributed by atoms with Crippen LogP contribution in [0, 0.1) is 0 Å². The lowest BCUT2D eigenvalue weighted by Crippen LogP contribution is -2.58. The van der Waals surface area contributed by atoms with E-state index >= 15 is 0 Å². The van der Waals surface area contributed by atoms with Crippen molar-refractivity contribution in [2.24, 2.45) is 0 Å². The van der Waals surface area contributed by atoms with Crippen LogP contribution in [-0.2, 0) is 9.53 Å². The van der Waals surface area contributed by atoms with Crippen LogP contribution in [0.2, 0.25) is 0 Å². The van der Waals surface area contributed by atoms with Crippen LogP contribution in [0.3, 0.4) is 0 Å². The summed E-state index contributed by atoms with van der Waals surface area (Å²) in [5, 5.41) is 27.9. The Morgan fingerprint density at radius 2 is 1.69 bits per heavy atom. The van der Waals surface area contributed by atoms with Gasteiger partial charge in [0, 0.05) is 0 Å². The number of rotatable bonds is 1. The molecular formula is C8H14O5. The van der Waals surface area contributed by atoms with Gasteiger partial charge in [0.25, 0.3) is 0 Å². The lowest BCUT2D eigenvalue weighted by Gasteiger charge is -2.38. The highest BCUT2D eigenvalue weighted by Crippen LogP contribution is 2.21. The minimum atomic E-state index is -1.34. The second-order valence-corrected chi connectivity index (χ2v) is 3.34. The number of ether oxygens (including phenoxy) is 1. The van der Waals surface area contributed by atoms with Gasteiger partial charge in [0.1, 0.15) is 24.4 Å². The summed E-state index contributed by atoms with van der Waals surface area (Å²) in [6, 6.07) is 0. The Morgan fingerprint density at radius 1 is 1.15 bits per heavy atom. The van der Waals surface area contributed by atoms with Gasteiger partial charge in [-0.1, -0.05) is 0 Å². The van der Waals surface area contributed by atoms with E-state index in [9.17, 15) is 20.1 Å². The third-order valence-electron chi connectivity index (χ3n) is 2.25. The fourth-order valence-electron chi connectivity index (χ4n) is 1.39. The quantitative estimate of drug-likeness (QED) is 0.466. The molecule has 13 heavy (non-hydrogen) atoms. The first-order valence-electron chi connectivity index (χ1n) is 4.15. The molecule has 0 amide bonds. The van der Waals surface area contributed by atoms with Crippen LogP contribution in [0.1, 0.15) is 13.8 Å². The van der Waals surface area contributed by atoms with E-state index in [2.05, 4.69) is 0 Å². The van der Waals surface area contributed by atoms with Crippen LogP contribution < -0.4 is 0 Å². The molecule has 1 saturated heterocycles. The second-order valence-electron chi connectivity index (χ2n) is 3.34. The number of ketones is 1. The maximum absolute atomic E-state index is 10.9. The highest BCUT2D eigenvalue weighted by Gasteiger charge is 2.43. The molecule has 0 bridgehead atoms. The van der Waals surface area contributed by atoms with Crippen molar-refractivity contribution >= 4 is 5.78 Å². The van der Waals surface area contributed by atoms with E-state index in [1.54, 1.807) is 0 Å². The fraction of sp³-hybridized carbons (Fsp3) is 0.875. The topological polar surface area (TPSA) is 87.0 Å². The first-order chi connectivity index (χ1) is 5.95. The number of carbonyl (C=O) groups is 1. The summed E-state index contributed by atoms with van der Waals surface area (Å²) in [6.07, 6.45) is -5.49. The smallest absolute Gasteiger partial charge is 0.161 e. The normalized spacial score (nSPS) is 46.1. The van der Waals surface area contributed by atoms with Crippen molar-refractivity contribution in [1.82, 2.24) is 0 Å². The van der Waals surface area contributed by atoms with E-state index in [4.69, 9.17) is 4.74 Å². The Morgan fingerprint density at radius 3 is 2.15 bits per heavy atom. The van der Waals surface area contributed by atoms with Crippen LogP contribution in [0.5, 0.6) is 0 Å². The zero-order valence-corrected chi connectivity index (χ0v) is 7.54. The molecule has 1 rings (SSSR count). The summed E-state index contributed by atoms with van der Waals surface area (Å²) >= 11 is 0. The molecule has 5 heteroatoms. The maximum Gasteiger partial charge on any atom is 0.161 e. The highest BCUT2D eigenvalue weighted by atomic mass is 16.5. The molecule has 1 heterocycles. The van der Waals surface area contributed by atoms with Gasteiger partial charge >= 0.3 is 0 Å². The van der Waals surface area contributed by atoms with Crippen molar-refractivity contribution < 1.29 is 24.9 Å². The average molecular weight is 190 g/mol. The molecule has 5 nitrogen and oxygen atoms in total. The Balaban J connectivity index is 2.76. The van der Waals surface area contributed by atoms with Crippen LogP contribution in [0.4, 0.5) is 0 Å². The number of aliphatic hydroxyl groups is 3. The van der Waals surface area contributed by atoms with Gasteiger partial charge in [0.05, 0.1) is 6.10 Å². The molecule has 0 aromatic carbocycles. The zero-order chi connectivity index (χ0) is 10.2. The molecule has 0 radical (unpaired) electrons. The summed E-state index contributed by atoms with van der Waals surface area (Å²) in [4.78, 5) is 10.9. The largest absolute Gasteiger partial charge is 0.388 e. The first-order valence-corrected chi connectivity index (χ1v) is 4.15. The molecule has 0 aromatic heterocycles. The molecule has 1 aliphatic heterocycles. The van der Waals surface area contributed by atoms with E-state index in [0.29, 0.717) is 0 Å². The van der Waals surface area contributed by atoms with Gasteiger partial charge < -0.3 is 20.1 Å². The summed E-state index contributed by atoms with van der Waals surface area (Å²) < 4.78 is 5.03. The Kier molecular flexibility index (Phi) is 3.02. The van der Waals surface area contributed by atoms with Gasteiger partial charge in [-0.15, -0.1) is 0 Å². The first kappa shape index (κ1) is 10.6. The number of aliphatic hydroxyl groups excluding tert-OH is 3. The van der Waals surface area contributed by atoms with E-state index < -0.39 is 30.5 Å². The van der Waals surface area contributed by atoms with Crippen molar-refractivity contribution in [1.29, 1.82) is 0 Å². The third kappa shape index (κ3) is 1.88. The summed E-state index contributed by atoms with van der Waals surface area (Å²) in [5.41, 5.74) is 0. The molecule has 0 aliphatic carbocycles. The number of hydrogen-bond donors (Lipinski definition) is 3. The fourth-order valence-corrected chi connectivity index (χ4v) is 1.39. The number of carbonyl (C=O) groups excluding carboxylic acids is 1. The number of hydrogen-bond acceptors (Lipinski definition) is 5. The minimum absolute atomic E-state index is 0.356. The molecule has 0 saturated carbocycles. The minimum Gasteiger partial charge on any atom is -0.388 e. The zero-order valence-electron chi connectivity index (χ0n) is 7.54. The molecule has 76 valence electrons. The van der Waals surface area contributed by atoms with Gasteiger partial charge in [-0.25, -0.2) is 0 Å². The SMILES string of the molecule is CC(=O)C1O[C@H](C)[C@@H](O)[C@H](O)[C@@H]1O. The molecule has 5 atom stereocenters. The third-order valence-corrected chi connectivity index (χ3v) is 2.25. The van der Waals surface area contributed by atoms with E-state index in [0.717, 1.165) is 0 Å². The van der Waals surface area contributed by atoms with Gasteiger partial charge in [-0.05, 0) is 13.8 Å². The van der Waals surface area contributed by atoms with Gasteiger partial charge in [-0.2, -0.15) is 0 Å². The average Bonchev–Trinajstić information content (AvgIpc) is 2.07. The maximum atomic E-state index is 10.9. The predicted octanol–water partition coefficient (Wildman–Crippen LogP) is -1.55.